The first-order valence-corrected chi connectivity index (χ1v) is 9.60. The molecule has 0 spiro atoms. The molecule has 28 heavy (non-hydrogen) atoms. The standard InChI is InChI=1S/C22H23F2N3O/c1-14-9-16(10-15(2)21(14)28-8-7-27-5-3-4-6-27)22-25-13-18-19(24)11-17(23)12-20(18)26-22/h9-13H,3-8H2,1-2H3. The van der Waals surface area contributed by atoms with Crippen LogP contribution in [0, 0.1) is 25.5 Å². The molecule has 0 saturated carbocycles. The molecule has 1 saturated heterocycles. The molecule has 146 valence electrons. The number of hydrogen-bond acceptors (Lipinski definition) is 4. The fourth-order valence-electron chi connectivity index (χ4n) is 3.79. The smallest absolute Gasteiger partial charge is 0.159 e. The van der Waals surface area contributed by atoms with Crippen LogP contribution >= 0.6 is 0 Å². The molecule has 1 fully saturated rings. The van der Waals surface area contributed by atoms with Crippen LogP contribution in [0.3, 0.4) is 0 Å². The lowest BCUT2D eigenvalue weighted by molar-refractivity contribution is 0.236. The molecule has 3 aromatic rings. The van der Waals surface area contributed by atoms with Gasteiger partial charge in [-0.2, -0.15) is 0 Å². The van der Waals surface area contributed by atoms with Crippen molar-refractivity contribution in [2.24, 2.45) is 0 Å². The summed E-state index contributed by atoms with van der Waals surface area (Å²) in [7, 11) is 0. The zero-order valence-electron chi connectivity index (χ0n) is 16.1. The molecular weight excluding hydrogens is 360 g/mol. The van der Waals surface area contributed by atoms with Gasteiger partial charge in [-0.25, -0.2) is 18.7 Å². The van der Waals surface area contributed by atoms with Crippen LogP contribution in [0.4, 0.5) is 8.78 Å². The van der Waals surface area contributed by atoms with Crippen molar-refractivity contribution in [2.45, 2.75) is 26.7 Å². The second-order valence-corrected chi connectivity index (χ2v) is 7.35. The van der Waals surface area contributed by atoms with Gasteiger partial charge in [-0.1, -0.05) is 0 Å². The van der Waals surface area contributed by atoms with E-state index in [1.54, 1.807) is 0 Å². The molecule has 0 aliphatic carbocycles. The van der Waals surface area contributed by atoms with Gasteiger partial charge in [0.1, 0.15) is 24.0 Å². The highest BCUT2D eigenvalue weighted by Gasteiger charge is 2.14. The molecule has 0 radical (unpaired) electrons. The predicted octanol–water partition coefficient (Wildman–Crippen LogP) is 4.67. The topological polar surface area (TPSA) is 38.3 Å². The Hall–Kier alpha value is -2.60. The third-order valence-electron chi connectivity index (χ3n) is 5.19. The molecule has 0 atom stereocenters. The highest BCUT2D eigenvalue weighted by atomic mass is 19.1. The minimum absolute atomic E-state index is 0.209. The second kappa shape index (κ2) is 7.80. The average molecular weight is 383 g/mol. The van der Waals surface area contributed by atoms with Crippen LogP contribution in [-0.4, -0.2) is 41.1 Å². The molecule has 1 aliphatic heterocycles. The molecule has 0 unspecified atom stereocenters. The van der Waals surface area contributed by atoms with Gasteiger partial charge >= 0.3 is 0 Å². The molecule has 1 aromatic heterocycles. The number of hydrogen-bond donors (Lipinski definition) is 0. The predicted molar refractivity (Wildman–Crippen MR) is 106 cm³/mol. The first-order chi connectivity index (χ1) is 13.5. The van der Waals surface area contributed by atoms with Gasteiger partial charge in [0, 0.05) is 30.4 Å². The maximum Gasteiger partial charge on any atom is 0.159 e. The highest BCUT2D eigenvalue weighted by Crippen LogP contribution is 2.30. The lowest BCUT2D eigenvalue weighted by Gasteiger charge is -2.17. The molecule has 6 heteroatoms. The zero-order valence-corrected chi connectivity index (χ0v) is 16.1. The molecule has 2 heterocycles. The normalized spacial score (nSPS) is 14.7. The van der Waals surface area contributed by atoms with Crippen LogP contribution < -0.4 is 4.74 Å². The van der Waals surface area contributed by atoms with Crippen molar-refractivity contribution in [3.05, 3.63) is 53.2 Å². The zero-order chi connectivity index (χ0) is 19.7. The summed E-state index contributed by atoms with van der Waals surface area (Å²) >= 11 is 0. The van der Waals surface area contributed by atoms with Crippen LogP contribution in [0.2, 0.25) is 0 Å². The van der Waals surface area contributed by atoms with Crippen molar-refractivity contribution >= 4 is 10.9 Å². The number of nitrogens with zero attached hydrogens (tertiary/aromatic N) is 3. The van der Waals surface area contributed by atoms with E-state index in [1.807, 2.05) is 26.0 Å². The Morgan fingerprint density at radius 1 is 1.04 bits per heavy atom. The Kier molecular flexibility index (Phi) is 5.22. The second-order valence-electron chi connectivity index (χ2n) is 7.35. The van der Waals surface area contributed by atoms with Gasteiger partial charge in [-0.15, -0.1) is 0 Å². The van der Waals surface area contributed by atoms with Crippen LogP contribution in [0.15, 0.2) is 30.5 Å². The van der Waals surface area contributed by atoms with E-state index in [1.165, 1.54) is 25.1 Å². The Morgan fingerprint density at radius 2 is 1.75 bits per heavy atom. The van der Waals surface area contributed by atoms with Gasteiger partial charge in [0.25, 0.3) is 0 Å². The Balaban J connectivity index is 1.57. The SMILES string of the molecule is Cc1cc(-c2ncc3c(F)cc(F)cc3n2)cc(C)c1OCCN1CCCC1. The van der Waals surface area contributed by atoms with Gasteiger partial charge in [-0.05, 0) is 63.0 Å². The molecule has 0 amide bonds. The van der Waals surface area contributed by atoms with Crippen molar-refractivity contribution in [3.63, 3.8) is 0 Å². The summed E-state index contributed by atoms with van der Waals surface area (Å²) in [6.45, 7) is 7.88. The van der Waals surface area contributed by atoms with Crippen LogP contribution in [0.5, 0.6) is 5.75 Å². The first kappa shape index (κ1) is 18.7. The summed E-state index contributed by atoms with van der Waals surface area (Å²) in [5, 5.41) is 0.209. The number of fused-ring (bicyclic) bond motifs is 1. The van der Waals surface area contributed by atoms with E-state index in [0.29, 0.717) is 12.4 Å². The van der Waals surface area contributed by atoms with Crippen LogP contribution in [-0.2, 0) is 0 Å². The summed E-state index contributed by atoms with van der Waals surface area (Å²) in [4.78, 5) is 11.0. The number of halogens is 2. The van der Waals surface area contributed by atoms with Crippen molar-refractivity contribution in [2.75, 3.05) is 26.2 Å². The number of benzene rings is 2. The minimum Gasteiger partial charge on any atom is -0.492 e. The number of aryl methyl sites for hydroxylation is 2. The minimum atomic E-state index is -0.657. The van der Waals surface area contributed by atoms with Gasteiger partial charge in [0.05, 0.1) is 10.9 Å². The quantitative estimate of drug-likeness (QED) is 0.642. The molecule has 4 rings (SSSR count). The third-order valence-corrected chi connectivity index (χ3v) is 5.19. The van der Waals surface area contributed by atoms with Crippen LogP contribution in [0.25, 0.3) is 22.3 Å². The molecule has 4 nitrogen and oxygen atoms in total. The first-order valence-electron chi connectivity index (χ1n) is 9.60. The summed E-state index contributed by atoms with van der Waals surface area (Å²) in [6.07, 6.45) is 3.94. The number of rotatable bonds is 5. The van der Waals surface area contributed by atoms with E-state index in [-0.39, 0.29) is 10.9 Å². The maximum absolute atomic E-state index is 13.9. The Labute approximate surface area is 163 Å². The molecular formula is C22H23F2N3O. The van der Waals surface area contributed by atoms with E-state index in [2.05, 4.69) is 14.9 Å². The van der Waals surface area contributed by atoms with Crippen molar-refractivity contribution in [1.29, 1.82) is 0 Å². The van der Waals surface area contributed by atoms with Crippen LogP contribution in [0.1, 0.15) is 24.0 Å². The van der Waals surface area contributed by atoms with E-state index in [4.69, 9.17) is 4.74 Å². The van der Waals surface area contributed by atoms with E-state index >= 15 is 0 Å². The van der Waals surface area contributed by atoms with Crippen molar-refractivity contribution in [1.82, 2.24) is 14.9 Å². The fraction of sp³-hybridized carbons (Fsp3) is 0.364. The Bertz CT molecular complexity index is 993. The lowest BCUT2D eigenvalue weighted by Crippen LogP contribution is -2.25. The summed E-state index contributed by atoms with van der Waals surface area (Å²) in [5.41, 5.74) is 3.04. The number of likely N-dealkylation sites (tertiary alicyclic amines) is 1. The molecule has 2 aromatic carbocycles. The summed E-state index contributed by atoms with van der Waals surface area (Å²) < 4.78 is 33.4. The van der Waals surface area contributed by atoms with Crippen molar-refractivity contribution in [3.8, 4) is 17.1 Å². The molecule has 1 aliphatic rings. The van der Waals surface area contributed by atoms with Gasteiger partial charge in [-0.3, -0.25) is 4.90 Å². The maximum atomic E-state index is 13.9. The van der Waals surface area contributed by atoms with E-state index in [9.17, 15) is 8.78 Å². The van der Waals surface area contributed by atoms with Gasteiger partial charge in [0.2, 0.25) is 0 Å². The summed E-state index contributed by atoms with van der Waals surface area (Å²) in [5.74, 6) is 0.00700. The number of ether oxygens (including phenoxy) is 1. The van der Waals surface area contributed by atoms with E-state index < -0.39 is 11.6 Å². The Morgan fingerprint density at radius 3 is 2.46 bits per heavy atom. The monoisotopic (exact) mass is 383 g/mol. The number of aromatic nitrogens is 2. The molecule has 0 N–H and O–H groups in total. The van der Waals surface area contributed by atoms with Gasteiger partial charge < -0.3 is 4.74 Å². The lowest BCUT2D eigenvalue weighted by atomic mass is 10.0. The third kappa shape index (κ3) is 3.83. The summed E-state index contributed by atoms with van der Waals surface area (Å²) in [6, 6.07) is 5.97. The molecule has 0 bridgehead atoms. The fourth-order valence-corrected chi connectivity index (χ4v) is 3.79. The van der Waals surface area contributed by atoms with E-state index in [0.717, 1.165) is 48.1 Å². The van der Waals surface area contributed by atoms with Crippen molar-refractivity contribution < 1.29 is 13.5 Å². The highest BCUT2D eigenvalue weighted by molar-refractivity contribution is 5.80. The van der Waals surface area contributed by atoms with Gasteiger partial charge in [0.15, 0.2) is 5.82 Å². The largest absolute Gasteiger partial charge is 0.492 e. The average Bonchev–Trinajstić information content (AvgIpc) is 3.16.